The van der Waals surface area contributed by atoms with Gasteiger partial charge in [-0.1, -0.05) is 0 Å². The molecule has 0 bridgehead atoms. The van der Waals surface area contributed by atoms with Crippen molar-refractivity contribution >= 4 is 22.4 Å². The number of hydrogen-bond donors (Lipinski definition) is 1. The number of hydrogen-bond acceptors (Lipinski definition) is 5. The quantitative estimate of drug-likeness (QED) is 0.737. The Morgan fingerprint density at radius 2 is 2.31 bits per heavy atom. The molecule has 0 aliphatic rings. The average molecular weight is 200 g/mol. The van der Waals surface area contributed by atoms with Crippen molar-refractivity contribution in [3.05, 3.63) is 10.6 Å². The van der Waals surface area contributed by atoms with Gasteiger partial charge in [-0.25, -0.2) is 4.98 Å². The van der Waals surface area contributed by atoms with Crippen molar-refractivity contribution in [3.8, 4) is 0 Å². The van der Waals surface area contributed by atoms with Gasteiger partial charge in [0.05, 0.1) is 5.69 Å². The van der Waals surface area contributed by atoms with Crippen molar-refractivity contribution < 1.29 is 9.53 Å². The molecule has 0 amide bonds. The molecule has 0 aliphatic carbocycles. The van der Waals surface area contributed by atoms with Crippen LogP contribution in [0.3, 0.4) is 0 Å². The van der Waals surface area contributed by atoms with Crippen LogP contribution in [-0.2, 0) is 9.53 Å². The first-order valence-corrected chi connectivity index (χ1v) is 4.72. The summed E-state index contributed by atoms with van der Waals surface area (Å²) in [5.74, 6) is -0.307. The normalized spacial score (nSPS) is 12.5. The van der Waals surface area contributed by atoms with Crippen LogP contribution in [0, 0.1) is 6.92 Å². The maximum absolute atomic E-state index is 10.7. The molecule has 1 atom stereocenters. The summed E-state index contributed by atoms with van der Waals surface area (Å²) in [6.07, 6.45) is -0.314. The highest BCUT2D eigenvalue weighted by molar-refractivity contribution is 7.15. The molecule has 1 aromatic heterocycles. The van der Waals surface area contributed by atoms with Gasteiger partial charge in [0, 0.05) is 11.8 Å². The van der Waals surface area contributed by atoms with Crippen LogP contribution in [0.1, 0.15) is 30.5 Å². The summed E-state index contributed by atoms with van der Waals surface area (Å²) in [5, 5.41) is 0.506. The van der Waals surface area contributed by atoms with Crippen LogP contribution in [0.25, 0.3) is 0 Å². The minimum atomic E-state index is -0.314. The molecule has 0 aliphatic heterocycles. The molecule has 13 heavy (non-hydrogen) atoms. The molecular weight excluding hydrogens is 188 g/mol. The summed E-state index contributed by atoms with van der Waals surface area (Å²) < 4.78 is 4.98. The Balaban J connectivity index is 2.81. The third-order valence-corrected chi connectivity index (χ3v) is 2.39. The first-order valence-electron chi connectivity index (χ1n) is 3.90. The van der Waals surface area contributed by atoms with E-state index in [1.54, 1.807) is 6.92 Å². The number of nitrogen functional groups attached to an aromatic ring is 1. The molecule has 1 rings (SSSR count). The summed E-state index contributed by atoms with van der Waals surface area (Å²) in [6.45, 7) is 5.06. The molecule has 1 aromatic rings. The van der Waals surface area contributed by atoms with Crippen LogP contribution in [0.4, 0.5) is 5.13 Å². The number of rotatable bonds is 2. The Morgan fingerprint density at radius 3 is 2.69 bits per heavy atom. The molecule has 1 heterocycles. The summed E-state index contributed by atoms with van der Waals surface area (Å²) in [7, 11) is 0. The maximum Gasteiger partial charge on any atom is 0.303 e. The van der Waals surface area contributed by atoms with Crippen molar-refractivity contribution in [1.82, 2.24) is 4.98 Å². The van der Waals surface area contributed by atoms with Crippen molar-refractivity contribution in [3.63, 3.8) is 0 Å². The molecule has 1 unspecified atom stereocenters. The number of nitrogens with two attached hydrogens (primary N) is 1. The zero-order chi connectivity index (χ0) is 10.0. The lowest BCUT2D eigenvalue weighted by molar-refractivity contribution is -0.145. The minimum absolute atomic E-state index is 0.307. The van der Waals surface area contributed by atoms with E-state index in [1.807, 2.05) is 6.92 Å². The van der Waals surface area contributed by atoms with E-state index >= 15 is 0 Å². The van der Waals surface area contributed by atoms with E-state index in [2.05, 4.69) is 4.98 Å². The maximum atomic E-state index is 10.7. The van der Waals surface area contributed by atoms with Crippen LogP contribution in [0.5, 0.6) is 0 Å². The number of carbonyl (C=O) groups excluding carboxylic acids is 1. The molecule has 0 radical (unpaired) electrons. The standard InChI is InChI=1S/C8H12N2O2S/c1-4(12-6(3)11)7-5(2)13-8(9)10-7/h4H,1-3H3,(H2,9,10). The van der Waals surface area contributed by atoms with Gasteiger partial charge in [0.2, 0.25) is 0 Å². The fourth-order valence-electron chi connectivity index (χ4n) is 1.11. The van der Waals surface area contributed by atoms with E-state index in [-0.39, 0.29) is 12.1 Å². The molecule has 72 valence electrons. The molecule has 4 nitrogen and oxygen atoms in total. The summed E-state index contributed by atoms with van der Waals surface area (Å²) in [4.78, 5) is 15.7. The largest absolute Gasteiger partial charge is 0.456 e. The number of nitrogens with zero attached hydrogens (tertiary/aromatic N) is 1. The second-order valence-corrected chi connectivity index (χ2v) is 3.98. The first-order chi connectivity index (χ1) is 6.00. The molecule has 0 saturated heterocycles. The highest BCUT2D eigenvalue weighted by Gasteiger charge is 2.15. The van der Waals surface area contributed by atoms with Crippen molar-refractivity contribution in [2.45, 2.75) is 26.9 Å². The van der Waals surface area contributed by atoms with Gasteiger partial charge in [-0.3, -0.25) is 4.79 Å². The number of aryl methyl sites for hydroxylation is 1. The third-order valence-electron chi connectivity index (χ3n) is 1.58. The van der Waals surface area contributed by atoms with Crippen LogP contribution in [0.15, 0.2) is 0 Å². The zero-order valence-corrected chi connectivity index (χ0v) is 8.64. The molecule has 0 fully saturated rings. The monoisotopic (exact) mass is 200 g/mol. The van der Waals surface area contributed by atoms with Gasteiger partial charge in [0.1, 0.15) is 6.10 Å². The first kappa shape index (κ1) is 9.98. The van der Waals surface area contributed by atoms with Crippen LogP contribution in [-0.4, -0.2) is 11.0 Å². The number of aromatic nitrogens is 1. The Hall–Kier alpha value is -1.10. The third kappa shape index (κ3) is 2.42. The Labute approximate surface area is 80.7 Å². The molecule has 5 heteroatoms. The molecule has 0 spiro atoms. The highest BCUT2D eigenvalue weighted by Crippen LogP contribution is 2.26. The lowest BCUT2D eigenvalue weighted by atomic mass is 10.2. The SMILES string of the molecule is CC(=O)OC(C)c1nc(N)sc1C. The second-order valence-electron chi connectivity index (χ2n) is 2.75. The van der Waals surface area contributed by atoms with Gasteiger partial charge >= 0.3 is 5.97 Å². The number of esters is 1. The van der Waals surface area contributed by atoms with Gasteiger partial charge in [-0.05, 0) is 13.8 Å². The summed E-state index contributed by atoms with van der Waals surface area (Å²) >= 11 is 1.40. The summed E-state index contributed by atoms with van der Waals surface area (Å²) in [6, 6.07) is 0. The fourth-order valence-corrected chi connectivity index (χ4v) is 1.89. The fraction of sp³-hybridized carbons (Fsp3) is 0.500. The predicted octanol–water partition coefficient (Wildman–Crippen LogP) is 1.66. The molecule has 0 saturated carbocycles. The van der Waals surface area contributed by atoms with E-state index < -0.39 is 0 Å². The van der Waals surface area contributed by atoms with E-state index in [9.17, 15) is 4.79 Å². The number of ether oxygens (including phenoxy) is 1. The number of thiazole rings is 1. The molecular formula is C8H12N2O2S. The van der Waals surface area contributed by atoms with E-state index in [4.69, 9.17) is 10.5 Å². The smallest absolute Gasteiger partial charge is 0.303 e. The lowest BCUT2D eigenvalue weighted by Gasteiger charge is -2.09. The number of anilines is 1. The van der Waals surface area contributed by atoms with Crippen LogP contribution in [0.2, 0.25) is 0 Å². The summed E-state index contributed by atoms with van der Waals surface area (Å²) in [5.41, 5.74) is 6.26. The van der Waals surface area contributed by atoms with Crippen LogP contribution < -0.4 is 5.73 Å². The second kappa shape index (κ2) is 3.74. The van der Waals surface area contributed by atoms with Gasteiger partial charge in [0.15, 0.2) is 5.13 Å². The van der Waals surface area contributed by atoms with Crippen molar-refractivity contribution in [1.29, 1.82) is 0 Å². The van der Waals surface area contributed by atoms with Crippen LogP contribution >= 0.6 is 11.3 Å². The minimum Gasteiger partial charge on any atom is -0.456 e. The molecule has 2 N–H and O–H groups in total. The molecule has 0 aromatic carbocycles. The van der Waals surface area contributed by atoms with Gasteiger partial charge < -0.3 is 10.5 Å². The van der Waals surface area contributed by atoms with Gasteiger partial charge in [-0.15, -0.1) is 11.3 Å². The van der Waals surface area contributed by atoms with Crippen molar-refractivity contribution in [2.24, 2.45) is 0 Å². The Morgan fingerprint density at radius 1 is 1.69 bits per heavy atom. The topological polar surface area (TPSA) is 65.2 Å². The van der Waals surface area contributed by atoms with E-state index in [0.29, 0.717) is 5.13 Å². The van der Waals surface area contributed by atoms with E-state index in [0.717, 1.165) is 10.6 Å². The van der Waals surface area contributed by atoms with Crippen molar-refractivity contribution in [2.75, 3.05) is 5.73 Å². The van der Waals surface area contributed by atoms with Gasteiger partial charge in [0.25, 0.3) is 0 Å². The van der Waals surface area contributed by atoms with E-state index in [1.165, 1.54) is 18.3 Å². The highest BCUT2D eigenvalue weighted by atomic mass is 32.1. The Kier molecular flexibility index (Phi) is 2.87. The average Bonchev–Trinajstić information content (AvgIpc) is 2.28. The number of carbonyl (C=O) groups is 1. The zero-order valence-electron chi connectivity index (χ0n) is 7.83. The Bertz CT molecular complexity index is 322. The van der Waals surface area contributed by atoms with Gasteiger partial charge in [-0.2, -0.15) is 0 Å². The lowest BCUT2D eigenvalue weighted by Crippen LogP contribution is -2.06. The predicted molar refractivity (Wildman–Crippen MR) is 51.4 cm³/mol.